The van der Waals surface area contributed by atoms with Crippen LogP contribution in [0.25, 0.3) is 0 Å². The third-order valence-corrected chi connectivity index (χ3v) is 6.55. The molecular weight excluding hydrogens is 320 g/mol. The number of benzene rings is 1. The fourth-order valence-electron chi connectivity index (χ4n) is 5.29. The van der Waals surface area contributed by atoms with E-state index >= 15 is 0 Å². The van der Waals surface area contributed by atoms with E-state index in [1.54, 1.807) is 18.3 Å². The number of imide groups is 1. The molecule has 2 amide bonds. The monoisotopic (exact) mass is 336 g/mol. The van der Waals surface area contributed by atoms with Crippen molar-refractivity contribution in [1.29, 1.82) is 0 Å². The van der Waals surface area contributed by atoms with Crippen LogP contribution in [0.3, 0.4) is 0 Å². The van der Waals surface area contributed by atoms with Crippen molar-refractivity contribution in [3.05, 3.63) is 35.9 Å². The molecule has 25 heavy (non-hydrogen) atoms. The van der Waals surface area contributed by atoms with Crippen LogP contribution in [0.15, 0.2) is 35.5 Å². The minimum absolute atomic E-state index is 0.143. The molecule has 6 nitrogen and oxygen atoms in total. The van der Waals surface area contributed by atoms with Crippen molar-refractivity contribution < 1.29 is 19.1 Å². The lowest BCUT2D eigenvalue weighted by molar-refractivity contribution is -0.141. The van der Waals surface area contributed by atoms with Crippen LogP contribution in [0.1, 0.15) is 18.4 Å². The van der Waals surface area contributed by atoms with Crippen LogP contribution in [0.5, 0.6) is 11.5 Å². The lowest BCUT2D eigenvalue weighted by atomic mass is 9.85. The van der Waals surface area contributed by atoms with Crippen molar-refractivity contribution in [2.24, 2.45) is 34.2 Å². The van der Waals surface area contributed by atoms with Crippen LogP contribution in [0.4, 0.5) is 0 Å². The Labute approximate surface area is 144 Å². The highest BCUT2D eigenvalue weighted by molar-refractivity contribution is 6.07. The van der Waals surface area contributed by atoms with Gasteiger partial charge < -0.3 is 9.47 Å². The number of hydrogen-bond acceptors (Lipinski definition) is 5. The number of allylic oxidation sites excluding steroid dienone is 2. The van der Waals surface area contributed by atoms with Gasteiger partial charge in [-0.05, 0) is 53.9 Å². The smallest absolute Gasteiger partial charge is 0.254 e. The summed E-state index contributed by atoms with van der Waals surface area (Å²) in [6.45, 7) is 0.208. The standard InChI is InChI=1S/C19H16N2O4/c22-17-15-11-2-3-12(19(11)5-6-19)16(15)18(23)21(17)20-8-10-1-4-13-14(7-10)25-9-24-13/h1-4,7-8,11-12,15-16H,5-6,9H2/b20-8-/t11-,12-,15+,16+/m1/s1. The largest absolute Gasteiger partial charge is 0.454 e. The number of carbonyl (C=O) groups excluding carboxylic acids is 2. The molecule has 2 aliphatic heterocycles. The number of amides is 2. The van der Waals surface area contributed by atoms with E-state index in [-0.39, 0.29) is 47.7 Å². The van der Waals surface area contributed by atoms with Gasteiger partial charge in [0.15, 0.2) is 11.5 Å². The predicted molar refractivity (Wildman–Crippen MR) is 86.8 cm³/mol. The molecule has 0 N–H and O–H groups in total. The van der Waals surface area contributed by atoms with Crippen molar-refractivity contribution in [3.63, 3.8) is 0 Å². The Morgan fingerprint density at radius 1 is 1.04 bits per heavy atom. The van der Waals surface area contributed by atoms with E-state index in [0.717, 1.165) is 23.4 Å². The highest BCUT2D eigenvalue weighted by atomic mass is 16.7. The van der Waals surface area contributed by atoms with E-state index < -0.39 is 0 Å². The molecule has 0 unspecified atom stereocenters. The van der Waals surface area contributed by atoms with Gasteiger partial charge in [-0.25, -0.2) is 0 Å². The maximum Gasteiger partial charge on any atom is 0.254 e. The Hall–Kier alpha value is -2.63. The Morgan fingerprint density at radius 2 is 1.72 bits per heavy atom. The average Bonchev–Trinajstić information content (AvgIpc) is 2.90. The van der Waals surface area contributed by atoms with Crippen LogP contribution < -0.4 is 9.47 Å². The second-order valence-electron chi connectivity index (χ2n) is 7.57. The zero-order valence-electron chi connectivity index (χ0n) is 13.4. The highest BCUT2D eigenvalue weighted by Gasteiger charge is 2.73. The van der Waals surface area contributed by atoms with Gasteiger partial charge in [0, 0.05) is 0 Å². The normalized spacial score (nSPS) is 35.4. The Kier molecular flexibility index (Phi) is 2.35. The molecule has 2 bridgehead atoms. The number of rotatable bonds is 2. The third-order valence-electron chi connectivity index (χ3n) is 6.55. The molecule has 126 valence electrons. The summed E-state index contributed by atoms with van der Waals surface area (Å²) >= 11 is 0. The SMILES string of the molecule is O=C1[C@@H]2[C@@H](C(=O)N1/N=C\c1ccc3c(c1)OCO3)[C@H]1C=C[C@H]2C12CC2. The molecule has 0 aromatic heterocycles. The number of carbonyl (C=O) groups is 2. The van der Waals surface area contributed by atoms with Gasteiger partial charge in [0.1, 0.15) is 0 Å². The molecule has 4 atom stereocenters. The molecule has 1 aromatic rings. The lowest BCUT2D eigenvalue weighted by Crippen LogP contribution is -2.30. The van der Waals surface area contributed by atoms with E-state index in [1.807, 2.05) is 6.07 Å². The maximum absolute atomic E-state index is 12.8. The summed E-state index contributed by atoms with van der Waals surface area (Å²) in [5, 5.41) is 5.30. The van der Waals surface area contributed by atoms with Gasteiger partial charge in [0.05, 0.1) is 18.1 Å². The van der Waals surface area contributed by atoms with E-state index in [2.05, 4.69) is 17.3 Å². The molecule has 3 aliphatic carbocycles. The van der Waals surface area contributed by atoms with Crippen LogP contribution >= 0.6 is 0 Å². The highest BCUT2D eigenvalue weighted by Crippen LogP contribution is 2.73. The summed E-state index contributed by atoms with van der Waals surface area (Å²) in [4.78, 5) is 25.6. The minimum atomic E-state index is -0.209. The van der Waals surface area contributed by atoms with E-state index in [4.69, 9.17) is 9.47 Å². The number of hydrazone groups is 1. The third kappa shape index (κ3) is 1.57. The maximum atomic E-state index is 12.8. The minimum Gasteiger partial charge on any atom is -0.454 e. The van der Waals surface area contributed by atoms with Crippen LogP contribution in [-0.2, 0) is 9.59 Å². The molecular formula is C19H16N2O4. The molecule has 6 heteroatoms. The van der Waals surface area contributed by atoms with Gasteiger partial charge in [0.2, 0.25) is 6.79 Å². The van der Waals surface area contributed by atoms with Gasteiger partial charge in [-0.3, -0.25) is 9.59 Å². The summed E-state index contributed by atoms with van der Waals surface area (Å²) < 4.78 is 10.6. The lowest BCUT2D eigenvalue weighted by Gasteiger charge is -2.18. The molecule has 2 saturated carbocycles. The summed E-state index contributed by atoms with van der Waals surface area (Å²) in [6.07, 6.45) is 8.15. The van der Waals surface area contributed by atoms with Crippen molar-refractivity contribution in [1.82, 2.24) is 5.01 Å². The van der Waals surface area contributed by atoms with Gasteiger partial charge >= 0.3 is 0 Å². The first kappa shape index (κ1) is 13.6. The second-order valence-corrected chi connectivity index (χ2v) is 7.57. The summed E-state index contributed by atoms with van der Waals surface area (Å²) in [7, 11) is 0. The Bertz CT molecular complexity index is 851. The second kappa shape index (κ2) is 4.31. The zero-order chi connectivity index (χ0) is 16.8. The van der Waals surface area contributed by atoms with E-state index in [9.17, 15) is 9.59 Å². The van der Waals surface area contributed by atoms with E-state index in [1.165, 1.54) is 0 Å². The van der Waals surface area contributed by atoms with Crippen molar-refractivity contribution in [2.45, 2.75) is 12.8 Å². The quantitative estimate of drug-likeness (QED) is 0.470. The first-order valence-corrected chi connectivity index (χ1v) is 8.69. The van der Waals surface area contributed by atoms with Gasteiger partial charge in [-0.15, -0.1) is 0 Å². The summed E-state index contributed by atoms with van der Waals surface area (Å²) in [6, 6.07) is 5.42. The first-order chi connectivity index (χ1) is 12.2. The number of hydrogen-bond donors (Lipinski definition) is 0. The number of fused-ring (bicyclic) bond motifs is 4. The van der Waals surface area contributed by atoms with Crippen molar-refractivity contribution in [2.75, 3.05) is 6.79 Å². The van der Waals surface area contributed by atoms with Crippen LogP contribution in [-0.4, -0.2) is 29.8 Å². The molecule has 5 aliphatic rings. The van der Waals surface area contributed by atoms with Crippen molar-refractivity contribution in [3.8, 4) is 11.5 Å². The van der Waals surface area contributed by atoms with E-state index in [0.29, 0.717) is 11.5 Å². The van der Waals surface area contributed by atoms with Gasteiger partial charge in [0.25, 0.3) is 11.8 Å². The molecule has 1 saturated heterocycles. The predicted octanol–water partition coefficient (Wildman–Crippen LogP) is 1.95. The molecule has 1 spiro atoms. The van der Waals surface area contributed by atoms with Gasteiger partial charge in [-0.1, -0.05) is 12.2 Å². The molecule has 2 heterocycles. The van der Waals surface area contributed by atoms with Gasteiger partial charge in [-0.2, -0.15) is 10.1 Å². The summed E-state index contributed by atoms with van der Waals surface area (Å²) in [5.74, 6) is 1.09. The zero-order valence-corrected chi connectivity index (χ0v) is 13.4. The summed E-state index contributed by atoms with van der Waals surface area (Å²) in [5.41, 5.74) is 0.981. The number of ether oxygens (including phenoxy) is 2. The fourth-order valence-corrected chi connectivity index (χ4v) is 5.29. The Balaban J connectivity index is 1.29. The van der Waals surface area contributed by atoms with Crippen LogP contribution in [0.2, 0.25) is 0 Å². The first-order valence-electron chi connectivity index (χ1n) is 8.69. The topological polar surface area (TPSA) is 68.2 Å². The molecule has 1 aromatic carbocycles. The fraction of sp³-hybridized carbons (Fsp3) is 0.421. The molecule has 3 fully saturated rings. The Morgan fingerprint density at radius 3 is 2.40 bits per heavy atom. The molecule has 0 radical (unpaired) electrons. The average molecular weight is 336 g/mol. The number of nitrogens with zero attached hydrogens (tertiary/aromatic N) is 2. The molecule has 6 rings (SSSR count). The van der Waals surface area contributed by atoms with Crippen LogP contribution in [0, 0.1) is 29.1 Å². The van der Waals surface area contributed by atoms with Crippen molar-refractivity contribution >= 4 is 18.0 Å².